The topological polar surface area (TPSA) is 150 Å². The van der Waals surface area contributed by atoms with E-state index >= 15 is 0 Å². The van der Waals surface area contributed by atoms with Crippen molar-refractivity contribution in [1.82, 2.24) is 4.98 Å². The number of alkyl halides is 3. The fourth-order valence-corrected chi connectivity index (χ4v) is 3.30. The molecular formula is C9H13F3N6O2S3. The van der Waals surface area contributed by atoms with Crippen LogP contribution in [0.3, 0.4) is 0 Å². The van der Waals surface area contributed by atoms with Gasteiger partial charge in [-0.05, 0) is 0 Å². The van der Waals surface area contributed by atoms with Gasteiger partial charge in [-0.25, -0.2) is 4.98 Å². The minimum Gasteiger partial charge on any atom is -0.386 e. The zero-order valence-corrected chi connectivity index (χ0v) is 13.9. The van der Waals surface area contributed by atoms with Crippen molar-refractivity contribution >= 4 is 50.0 Å². The van der Waals surface area contributed by atoms with Crippen LogP contribution in [0.15, 0.2) is 14.8 Å². The summed E-state index contributed by atoms with van der Waals surface area (Å²) in [6.07, 6.45) is -0.106. The van der Waals surface area contributed by atoms with Gasteiger partial charge in [-0.1, -0.05) is 0 Å². The molecule has 0 atom stereocenters. The number of nitrogens with two attached hydrogens (primary N) is 3. The molecule has 0 bridgehead atoms. The number of hydrogen-bond acceptors (Lipinski definition) is 6. The molecular weight excluding hydrogens is 377 g/mol. The number of sulfonamides is 1. The van der Waals surface area contributed by atoms with Gasteiger partial charge >= 0.3 is 15.5 Å². The number of amidine groups is 1. The Labute approximate surface area is 138 Å². The van der Waals surface area contributed by atoms with Crippen molar-refractivity contribution in [2.75, 3.05) is 5.75 Å². The lowest BCUT2D eigenvalue weighted by Crippen LogP contribution is -2.25. The van der Waals surface area contributed by atoms with E-state index in [0.29, 0.717) is 16.6 Å². The van der Waals surface area contributed by atoms with E-state index in [4.69, 9.17) is 17.2 Å². The molecule has 0 spiro atoms. The van der Waals surface area contributed by atoms with Gasteiger partial charge in [-0.3, -0.25) is 0 Å². The van der Waals surface area contributed by atoms with Crippen LogP contribution < -0.4 is 17.2 Å². The monoisotopic (exact) mass is 390 g/mol. The number of thioether (sulfide) groups is 1. The van der Waals surface area contributed by atoms with E-state index in [2.05, 4.69) is 14.4 Å². The summed E-state index contributed by atoms with van der Waals surface area (Å²) in [5.74, 6) is -0.00378. The van der Waals surface area contributed by atoms with Gasteiger partial charge in [-0.15, -0.1) is 15.7 Å². The summed E-state index contributed by atoms with van der Waals surface area (Å²) in [4.78, 5) is 7.86. The van der Waals surface area contributed by atoms with Crippen molar-refractivity contribution in [1.29, 1.82) is 0 Å². The normalized spacial score (nSPS) is 13.1. The quantitative estimate of drug-likeness (QED) is 0.355. The molecule has 1 rings (SSSR count). The van der Waals surface area contributed by atoms with Gasteiger partial charge < -0.3 is 17.2 Å². The Kier molecular flexibility index (Phi) is 6.64. The Morgan fingerprint density at radius 1 is 1.35 bits per heavy atom. The number of aromatic nitrogens is 1. The van der Waals surface area contributed by atoms with Crippen molar-refractivity contribution in [2.45, 2.75) is 17.7 Å². The Morgan fingerprint density at radius 2 is 2.00 bits per heavy atom. The molecule has 0 amide bonds. The minimum absolute atomic E-state index is 0.106. The fourth-order valence-electron chi connectivity index (χ4n) is 1.13. The number of halogens is 3. The van der Waals surface area contributed by atoms with Crippen molar-refractivity contribution < 1.29 is 21.6 Å². The molecule has 8 nitrogen and oxygen atoms in total. The van der Waals surface area contributed by atoms with Gasteiger partial charge in [0.15, 0.2) is 5.96 Å². The number of thiazole rings is 1. The molecule has 1 aromatic heterocycles. The van der Waals surface area contributed by atoms with Crippen LogP contribution >= 0.6 is 23.1 Å². The Balaban J connectivity index is 2.46. The molecule has 6 N–H and O–H groups in total. The van der Waals surface area contributed by atoms with E-state index in [9.17, 15) is 21.6 Å². The van der Waals surface area contributed by atoms with E-state index in [1.165, 1.54) is 23.1 Å². The molecule has 0 saturated heterocycles. The van der Waals surface area contributed by atoms with Gasteiger partial charge in [0.2, 0.25) is 5.13 Å². The van der Waals surface area contributed by atoms with E-state index in [1.807, 2.05) is 0 Å². The highest BCUT2D eigenvalue weighted by Gasteiger charge is 2.46. The van der Waals surface area contributed by atoms with Crippen LogP contribution in [0, 0.1) is 0 Å². The van der Waals surface area contributed by atoms with E-state index < -0.39 is 21.4 Å². The standard InChI is InChI=1S/C9H13F3N6O2S3/c10-9(11,12)23(19,20)18-6(13)1-2-21-3-5-4-22-8(16-5)17-7(14)15/h4H,1-3H2,(H2,13,18)(H4,14,15,16,17). The van der Waals surface area contributed by atoms with Gasteiger partial charge in [0.25, 0.3) is 0 Å². The highest BCUT2D eigenvalue weighted by molar-refractivity contribution is 7.98. The highest BCUT2D eigenvalue weighted by atomic mass is 32.2. The van der Waals surface area contributed by atoms with Gasteiger partial charge in [0, 0.05) is 23.3 Å². The molecule has 0 saturated carbocycles. The van der Waals surface area contributed by atoms with Crippen LogP contribution in [-0.4, -0.2) is 36.5 Å². The zero-order chi connectivity index (χ0) is 17.7. The summed E-state index contributed by atoms with van der Waals surface area (Å²) in [7, 11) is -5.59. The second-order valence-electron chi connectivity index (χ2n) is 3.96. The third-order valence-electron chi connectivity index (χ3n) is 2.05. The van der Waals surface area contributed by atoms with Crippen LogP contribution in [0.1, 0.15) is 12.1 Å². The Morgan fingerprint density at radius 3 is 2.57 bits per heavy atom. The first-order valence-corrected chi connectivity index (χ1v) is 9.26. The number of hydrogen-bond donors (Lipinski definition) is 3. The summed E-state index contributed by atoms with van der Waals surface area (Å²) in [6.45, 7) is 0. The summed E-state index contributed by atoms with van der Waals surface area (Å²) in [5, 5.41) is 2.11. The average Bonchev–Trinajstić information content (AvgIpc) is 2.79. The molecule has 23 heavy (non-hydrogen) atoms. The minimum atomic E-state index is -5.59. The summed E-state index contributed by atoms with van der Waals surface area (Å²) in [6, 6.07) is 0. The first-order chi connectivity index (χ1) is 10.5. The molecule has 0 fully saturated rings. The predicted octanol–water partition coefficient (Wildman–Crippen LogP) is 0.878. The van der Waals surface area contributed by atoms with Crippen molar-refractivity contribution in [3.05, 3.63) is 11.1 Å². The Bertz CT molecular complexity index is 694. The van der Waals surface area contributed by atoms with Crippen molar-refractivity contribution in [3.63, 3.8) is 0 Å². The summed E-state index contributed by atoms with van der Waals surface area (Å²) >= 11 is 2.52. The molecule has 0 aliphatic heterocycles. The van der Waals surface area contributed by atoms with E-state index in [1.54, 1.807) is 5.38 Å². The maximum Gasteiger partial charge on any atom is 0.518 e. The first-order valence-electron chi connectivity index (χ1n) is 5.78. The third kappa shape index (κ3) is 6.62. The van der Waals surface area contributed by atoms with Crippen LogP contribution in [-0.2, 0) is 15.8 Å². The summed E-state index contributed by atoms with van der Waals surface area (Å²) in [5.41, 5.74) is 10.8. The van der Waals surface area contributed by atoms with Crippen LogP contribution in [0.25, 0.3) is 0 Å². The smallest absolute Gasteiger partial charge is 0.386 e. The average molecular weight is 390 g/mol. The highest BCUT2D eigenvalue weighted by Crippen LogP contribution is 2.25. The SMILES string of the molecule is NC(N)=Nc1nc(CSCC/C(N)=N\S(=O)(=O)C(F)(F)F)cs1. The fraction of sp³-hybridized carbons (Fsp3) is 0.444. The largest absolute Gasteiger partial charge is 0.518 e. The lowest BCUT2D eigenvalue weighted by atomic mass is 10.5. The van der Waals surface area contributed by atoms with Crippen molar-refractivity contribution in [2.24, 2.45) is 26.6 Å². The van der Waals surface area contributed by atoms with E-state index in [0.717, 1.165) is 0 Å². The lowest BCUT2D eigenvalue weighted by molar-refractivity contribution is -0.0435. The molecule has 0 aromatic carbocycles. The van der Waals surface area contributed by atoms with Gasteiger partial charge in [-0.2, -0.15) is 38.3 Å². The molecule has 130 valence electrons. The lowest BCUT2D eigenvalue weighted by Gasteiger charge is -2.04. The summed E-state index contributed by atoms with van der Waals surface area (Å²) < 4.78 is 60.4. The predicted molar refractivity (Wildman–Crippen MR) is 85.0 cm³/mol. The molecule has 1 aromatic rings. The third-order valence-corrected chi connectivity index (χ3v) is 4.88. The second kappa shape index (κ2) is 7.83. The Hall–Kier alpha value is -1.54. The first kappa shape index (κ1) is 19.5. The van der Waals surface area contributed by atoms with Crippen LogP contribution in [0.4, 0.5) is 18.3 Å². The van der Waals surface area contributed by atoms with Crippen molar-refractivity contribution in [3.8, 4) is 0 Å². The molecule has 14 heteroatoms. The number of aliphatic imine (C=N–C) groups is 1. The second-order valence-corrected chi connectivity index (χ2v) is 7.50. The zero-order valence-electron chi connectivity index (χ0n) is 11.4. The van der Waals surface area contributed by atoms with Gasteiger partial charge in [0.1, 0.15) is 5.84 Å². The number of rotatable bonds is 7. The maximum atomic E-state index is 12.1. The van der Waals surface area contributed by atoms with Crippen LogP contribution in [0.2, 0.25) is 0 Å². The molecule has 0 unspecified atom stereocenters. The molecule has 1 heterocycles. The molecule has 0 aliphatic rings. The molecule has 0 aliphatic carbocycles. The van der Waals surface area contributed by atoms with Crippen LogP contribution in [0.5, 0.6) is 0 Å². The number of nitrogens with zero attached hydrogens (tertiary/aromatic N) is 3. The maximum absolute atomic E-state index is 12.1. The molecule has 0 radical (unpaired) electrons. The number of guanidine groups is 1. The van der Waals surface area contributed by atoms with E-state index in [-0.39, 0.29) is 18.1 Å². The van der Waals surface area contributed by atoms with Gasteiger partial charge in [0.05, 0.1) is 5.69 Å².